The Balaban J connectivity index is 1.81. The molecular formula is C27H35FN2O. The molecule has 0 amide bonds. The van der Waals surface area contributed by atoms with Gasteiger partial charge in [0.15, 0.2) is 0 Å². The topological polar surface area (TPSA) is 45.1 Å². The van der Waals surface area contributed by atoms with Gasteiger partial charge < -0.3 is 10.4 Å². The Bertz CT molecular complexity index is 973. The minimum absolute atomic E-state index is 0.104. The third-order valence-corrected chi connectivity index (χ3v) is 6.19. The number of aromatic nitrogens is 1. The Hall–Kier alpha value is -2.30. The lowest BCUT2D eigenvalue weighted by atomic mass is 9.91. The van der Waals surface area contributed by atoms with Crippen molar-refractivity contribution in [3.63, 3.8) is 0 Å². The maximum Gasteiger partial charge on any atom is 0.127 e. The van der Waals surface area contributed by atoms with Gasteiger partial charge in [-0.1, -0.05) is 69.9 Å². The van der Waals surface area contributed by atoms with Crippen LogP contribution in [0.5, 0.6) is 0 Å². The van der Waals surface area contributed by atoms with Crippen molar-refractivity contribution in [2.75, 3.05) is 13.2 Å². The lowest BCUT2D eigenvalue weighted by Crippen LogP contribution is -2.17. The number of hydrogen-bond donors (Lipinski definition) is 2. The molecule has 0 bridgehead atoms. The minimum atomic E-state index is -0.117. The Kier molecular flexibility index (Phi) is 8.98. The molecule has 0 aliphatic rings. The predicted molar refractivity (Wildman–Crippen MR) is 128 cm³/mol. The molecule has 3 aromatic rings. The molecule has 0 saturated carbocycles. The number of halogens is 1. The number of aryl methyl sites for hydroxylation is 1. The molecule has 0 radical (unpaired) electrons. The summed E-state index contributed by atoms with van der Waals surface area (Å²) in [6, 6.07) is 13.7. The average molecular weight is 423 g/mol. The number of unbranched alkanes of at least 4 members (excludes halogenated alkanes) is 1. The number of aliphatic hydroxyl groups is 1. The normalized spacial score (nSPS) is 12.4. The van der Waals surface area contributed by atoms with Crippen molar-refractivity contribution in [3.8, 4) is 11.1 Å². The van der Waals surface area contributed by atoms with Crippen molar-refractivity contribution < 1.29 is 9.50 Å². The van der Waals surface area contributed by atoms with Gasteiger partial charge in [-0.2, -0.15) is 0 Å². The number of hydrogen-bond acceptors (Lipinski definition) is 3. The number of nitrogens with zero attached hydrogens (tertiary/aromatic N) is 1. The molecule has 3 nitrogen and oxygen atoms in total. The van der Waals surface area contributed by atoms with Crippen LogP contribution in [0.2, 0.25) is 0 Å². The zero-order valence-electron chi connectivity index (χ0n) is 18.8. The molecule has 0 saturated heterocycles. The molecular weight excluding hydrogens is 387 g/mol. The quantitative estimate of drug-likeness (QED) is 0.338. The molecule has 0 spiro atoms. The Morgan fingerprint density at radius 2 is 1.90 bits per heavy atom. The van der Waals surface area contributed by atoms with Crippen LogP contribution in [0.4, 0.5) is 4.39 Å². The summed E-state index contributed by atoms with van der Waals surface area (Å²) >= 11 is 0. The van der Waals surface area contributed by atoms with Crippen molar-refractivity contribution in [3.05, 3.63) is 65.6 Å². The van der Waals surface area contributed by atoms with E-state index < -0.39 is 0 Å². The van der Waals surface area contributed by atoms with Crippen LogP contribution in [0.1, 0.15) is 57.1 Å². The molecule has 166 valence electrons. The standard InChI is InChI=1S/C27H35FN2O/c1-3-5-7-20(4-2)9-10-21-11-12-22(18-26(21)28)24-14-13-23(19-29-16-17-31)27-25(24)8-6-15-30-27/h6,8,11-15,18,20,29,31H,3-5,7,9-10,16-17,19H2,1-2H3. The third-order valence-electron chi connectivity index (χ3n) is 6.19. The number of aliphatic hydroxyl groups excluding tert-OH is 1. The SMILES string of the molecule is CCCCC(CC)CCc1ccc(-c2ccc(CNCCO)c3ncccc23)cc1F. The van der Waals surface area contributed by atoms with Crippen LogP contribution in [0.3, 0.4) is 0 Å². The lowest BCUT2D eigenvalue weighted by Gasteiger charge is -2.15. The van der Waals surface area contributed by atoms with Gasteiger partial charge in [0, 0.05) is 24.7 Å². The molecule has 3 rings (SSSR count). The van der Waals surface area contributed by atoms with Crippen molar-refractivity contribution in [2.24, 2.45) is 5.92 Å². The molecule has 1 atom stereocenters. The number of fused-ring (bicyclic) bond motifs is 1. The fraction of sp³-hybridized carbons (Fsp3) is 0.444. The second kappa shape index (κ2) is 11.9. The molecule has 4 heteroatoms. The van der Waals surface area contributed by atoms with E-state index in [4.69, 9.17) is 5.11 Å². The third kappa shape index (κ3) is 6.11. The second-order valence-electron chi connectivity index (χ2n) is 8.33. The monoisotopic (exact) mass is 422 g/mol. The van der Waals surface area contributed by atoms with Crippen LogP contribution in [0, 0.1) is 11.7 Å². The fourth-order valence-electron chi connectivity index (χ4n) is 4.25. The van der Waals surface area contributed by atoms with Gasteiger partial charge in [0.1, 0.15) is 5.82 Å². The first-order valence-corrected chi connectivity index (χ1v) is 11.6. The minimum Gasteiger partial charge on any atom is -0.395 e. The van der Waals surface area contributed by atoms with Gasteiger partial charge in [-0.15, -0.1) is 0 Å². The molecule has 0 aliphatic heterocycles. The number of pyridine rings is 1. The summed E-state index contributed by atoms with van der Waals surface area (Å²) < 4.78 is 15.0. The van der Waals surface area contributed by atoms with E-state index in [2.05, 4.69) is 24.1 Å². The van der Waals surface area contributed by atoms with Crippen LogP contribution < -0.4 is 5.32 Å². The summed E-state index contributed by atoms with van der Waals surface area (Å²) in [4.78, 5) is 4.57. The Labute approximate surface area is 185 Å². The molecule has 2 N–H and O–H groups in total. The van der Waals surface area contributed by atoms with Gasteiger partial charge in [-0.3, -0.25) is 4.98 Å². The van der Waals surface area contributed by atoms with E-state index in [0.717, 1.165) is 52.4 Å². The zero-order valence-corrected chi connectivity index (χ0v) is 18.8. The highest BCUT2D eigenvalue weighted by atomic mass is 19.1. The van der Waals surface area contributed by atoms with Crippen LogP contribution >= 0.6 is 0 Å². The maximum atomic E-state index is 15.0. The zero-order chi connectivity index (χ0) is 22.1. The number of benzene rings is 2. The number of rotatable bonds is 12. The molecule has 1 unspecified atom stereocenters. The first kappa shape index (κ1) is 23.4. The van der Waals surface area contributed by atoms with Gasteiger partial charge in [-0.05, 0) is 53.1 Å². The second-order valence-corrected chi connectivity index (χ2v) is 8.33. The first-order chi connectivity index (χ1) is 15.2. The number of nitrogens with one attached hydrogen (secondary N) is 1. The summed E-state index contributed by atoms with van der Waals surface area (Å²) in [5.74, 6) is 0.564. The highest BCUT2D eigenvalue weighted by Gasteiger charge is 2.13. The van der Waals surface area contributed by atoms with E-state index in [9.17, 15) is 4.39 Å². The molecule has 0 fully saturated rings. The van der Waals surface area contributed by atoms with Gasteiger partial charge in [0.05, 0.1) is 12.1 Å². The van der Waals surface area contributed by atoms with Crippen molar-refractivity contribution in [1.29, 1.82) is 0 Å². The van der Waals surface area contributed by atoms with Gasteiger partial charge in [-0.25, -0.2) is 4.39 Å². The van der Waals surface area contributed by atoms with Crippen LogP contribution in [0.25, 0.3) is 22.0 Å². The Morgan fingerprint density at radius 3 is 2.65 bits per heavy atom. The van der Waals surface area contributed by atoms with Gasteiger partial charge >= 0.3 is 0 Å². The molecule has 2 aromatic carbocycles. The summed E-state index contributed by atoms with van der Waals surface area (Å²) in [7, 11) is 0. The van der Waals surface area contributed by atoms with E-state index in [1.165, 1.54) is 19.3 Å². The maximum absolute atomic E-state index is 15.0. The summed E-state index contributed by atoms with van der Waals surface area (Å²) in [5.41, 5.74) is 4.67. The van der Waals surface area contributed by atoms with E-state index in [-0.39, 0.29) is 12.4 Å². The largest absolute Gasteiger partial charge is 0.395 e. The van der Waals surface area contributed by atoms with Gasteiger partial charge in [0.25, 0.3) is 0 Å². The van der Waals surface area contributed by atoms with Crippen LogP contribution in [-0.4, -0.2) is 23.2 Å². The van der Waals surface area contributed by atoms with E-state index in [1.54, 1.807) is 12.3 Å². The fourth-order valence-corrected chi connectivity index (χ4v) is 4.25. The summed E-state index contributed by atoms with van der Waals surface area (Å²) in [6.07, 6.45) is 8.52. The van der Waals surface area contributed by atoms with Crippen LogP contribution in [0.15, 0.2) is 48.7 Å². The molecule has 31 heavy (non-hydrogen) atoms. The van der Waals surface area contributed by atoms with E-state index in [0.29, 0.717) is 19.0 Å². The summed E-state index contributed by atoms with van der Waals surface area (Å²) in [6.45, 7) is 5.75. The smallest absolute Gasteiger partial charge is 0.127 e. The molecule has 0 aliphatic carbocycles. The highest BCUT2D eigenvalue weighted by Crippen LogP contribution is 2.31. The molecule has 1 aromatic heterocycles. The van der Waals surface area contributed by atoms with Crippen LogP contribution in [-0.2, 0) is 13.0 Å². The average Bonchev–Trinajstić information content (AvgIpc) is 2.80. The highest BCUT2D eigenvalue weighted by molar-refractivity contribution is 5.96. The predicted octanol–water partition coefficient (Wildman–Crippen LogP) is 6.27. The van der Waals surface area contributed by atoms with Crippen molar-refractivity contribution >= 4 is 10.9 Å². The van der Waals surface area contributed by atoms with Gasteiger partial charge in [0.2, 0.25) is 0 Å². The van der Waals surface area contributed by atoms with Crippen molar-refractivity contribution in [1.82, 2.24) is 10.3 Å². The van der Waals surface area contributed by atoms with Crippen molar-refractivity contribution in [2.45, 2.75) is 58.9 Å². The van der Waals surface area contributed by atoms with E-state index >= 15 is 0 Å². The lowest BCUT2D eigenvalue weighted by molar-refractivity contribution is 0.292. The first-order valence-electron chi connectivity index (χ1n) is 11.6. The Morgan fingerprint density at radius 1 is 1.06 bits per heavy atom. The summed E-state index contributed by atoms with van der Waals surface area (Å²) in [5, 5.41) is 13.2. The molecule has 1 heterocycles. The van der Waals surface area contributed by atoms with E-state index in [1.807, 2.05) is 36.4 Å².